The highest BCUT2D eigenvalue weighted by Crippen LogP contribution is 2.16. The maximum absolute atomic E-state index is 11.8. The van der Waals surface area contributed by atoms with Crippen LogP contribution < -0.4 is 0 Å². The molecule has 0 aliphatic rings. The lowest BCUT2D eigenvalue weighted by molar-refractivity contribution is 0.103. The number of aromatic nitrogens is 2. The summed E-state index contributed by atoms with van der Waals surface area (Å²) in [6.45, 7) is 1.96. The van der Waals surface area contributed by atoms with Gasteiger partial charge in [-0.1, -0.05) is 0 Å². The molecule has 3 nitrogen and oxygen atoms in total. The Balaban J connectivity index is 2.34. The minimum absolute atomic E-state index is 0.0591. The lowest BCUT2D eigenvalue weighted by Gasteiger charge is -1.94. The van der Waals surface area contributed by atoms with Gasteiger partial charge in [-0.25, -0.2) is 4.98 Å². The highest BCUT2D eigenvalue weighted by molar-refractivity contribution is 7.12. The van der Waals surface area contributed by atoms with E-state index in [1.807, 2.05) is 18.4 Å². The Morgan fingerprint density at radius 3 is 2.86 bits per heavy atom. The summed E-state index contributed by atoms with van der Waals surface area (Å²) >= 11 is 1.44. The number of hydrogen-bond donors (Lipinski definition) is 0. The number of ketones is 1. The molecule has 0 amide bonds. The monoisotopic (exact) mass is 204 g/mol. The number of rotatable bonds is 2. The van der Waals surface area contributed by atoms with Crippen molar-refractivity contribution in [2.24, 2.45) is 0 Å². The van der Waals surface area contributed by atoms with Gasteiger partial charge in [-0.05, 0) is 23.9 Å². The van der Waals surface area contributed by atoms with Crippen molar-refractivity contribution in [3.8, 4) is 0 Å². The van der Waals surface area contributed by atoms with Crippen LogP contribution in [0.3, 0.4) is 0 Å². The number of carbonyl (C=O) groups excluding carboxylic acids is 1. The summed E-state index contributed by atoms with van der Waals surface area (Å²) in [5, 5.41) is 1.95. The van der Waals surface area contributed by atoms with Crippen LogP contribution in [0.5, 0.6) is 0 Å². The molecule has 2 aromatic heterocycles. The largest absolute Gasteiger partial charge is 0.286 e. The molecule has 0 fully saturated rings. The van der Waals surface area contributed by atoms with E-state index in [0.717, 1.165) is 5.56 Å². The van der Waals surface area contributed by atoms with E-state index in [1.54, 1.807) is 6.20 Å². The Labute approximate surface area is 85.5 Å². The van der Waals surface area contributed by atoms with E-state index in [0.29, 0.717) is 10.6 Å². The number of hydrogen-bond acceptors (Lipinski definition) is 4. The zero-order valence-corrected chi connectivity index (χ0v) is 8.41. The molecule has 4 heteroatoms. The van der Waals surface area contributed by atoms with E-state index in [1.165, 1.54) is 23.7 Å². The third-order valence-corrected chi connectivity index (χ3v) is 2.80. The molecule has 14 heavy (non-hydrogen) atoms. The van der Waals surface area contributed by atoms with Crippen LogP contribution in [0.2, 0.25) is 0 Å². The first-order valence-corrected chi connectivity index (χ1v) is 5.01. The zero-order valence-electron chi connectivity index (χ0n) is 7.60. The number of carbonyl (C=O) groups is 1. The Morgan fingerprint density at radius 1 is 1.43 bits per heavy atom. The Bertz CT molecular complexity index is 450. The lowest BCUT2D eigenvalue weighted by atomic mass is 10.2. The summed E-state index contributed by atoms with van der Waals surface area (Å²) in [5.74, 6) is -0.0591. The SMILES string of the molecule is Cc1csc(C(=O)c2cnccn2)c1. The summed E-state index contributed by atoms with van der Waals surface area (Å²) in [6, 6.07) is 1.86. The summed E-state index contributed by atoms with van der Waals surface area (Å²) in [5.41, 5.74) is 1.50. The third kappa shape index (κ3) is 1.70. The Kier molecular flexibility index (Phi) is 2.37. The molecule has 70 valence electrons. The van der Waals surface area contributed by atoms with E-state index in [9.17, 15) is 4.79 Å². The van der Waals surface area contributed by atoms with Gasteiger partial charge in [-0.15, -0.1) is 11.3 Å². The minimum atomic E-state index is -0.0591. The molecule has 0 aliphatic carbocycles. The smallest absolute Gasteiger partial charge is 0.222 e. The van der Waals surface area contributed by atoms with E-state index in [2.05, 4.69) is 9.97 Å². The van der Waals surface area contributed by atoms with Gasteiger partial charge in [0.15, 0.2) is 0 Å². The molecule has 0 aromatic carbocycles. The van der Waals surface area contributed by atoms with Crippen LogP contribution >= 0.6 is 11.3 Å². The van der Waals surface area contributed by atoms with Gasteiger partial charge in [0, 0.05) is 12.4 Å². The second kappa shape index (κ2) is 3.67. The van der Waals surface area contributed by atoms with Crippen molar-refractivity contribution >= 4 is 17.1 Å². The van der Waals surface area contributed by atoms with Crippen molar-refractivity contribution in [3.63, 3.8) is 0 Å². The predicted octanol–water partition coefficient (Wildman–Crippen LogP) is 2.08. The van der Waals surface area contributed by atoms with Crippen molar-refractivity contribution in [2.45, 2.75) is 6.92 Å². The van der Waals surface area contributed by atoms with Crippen LogP contribution in [0, 0.1) is 6.92 Å². The predicted molar refractivity (Wildman–Crippen MR) is 54.5 cm³/mol. The van der Waals surface area contributed by atoms with Crippen molar-refractivity contribution < 1.29 is 4.79 Å². The summed E-state index contributed by atoms with van der Waals surface area (Å²) in [6.07, 6.45) is 4.56. The van der Waals surface area contributed by atoms with Crippen molar-refractivity contribution in [1.29, 1.82) is 0 Å². The van der Waals surface area contributed by atoms with Gasteiger partial charge >= 0.3 is 0 Å². The van der Waals surface area contributed by atoms with Gasteiger partial charge in [0.1, 0.15) is 5.69 Å². The summed E-state index contributed by atoms with van der Waals surface area (Å²) < 4.78 is 0. The van der Waals surface area contributed by atoms with Gasteiger partial charge in [0.25, 0.3) is 0 Å². The average molecular weight is 204 g/mol. The summed E-state index contributed by atoms with van der Waals surface area (Å²) in [7, 11) is 0. The van der Waals surface area contributed by atoms with Crippen molar-refractivity contribution in [1.82, 2.24) is 9.97 Å². The zero-order chi connectivity index (χ0) is 9.97. The third-order valence-electron chi connectivity index (χ3n) is 1.75. The van der Waals surface area contributed by atoms with Crippen LogP contribution in [-0.4, -0.2) is 15.8 Å². The highest BCUT2D eigenvalue weighted by atomic mass is 32.1. The minimum Gasteiger partial charge on any atom is -0.286 e. The Morgan fingerprint density at radius 2 is 2.29 bits per heavy atom. The molecule has 2 rings (SSSR count). The molecule has 2 aromatic rings. The van der Waals surface area contributed by atoms with Crippen molar-refractivity contribution in [3.05, 3.63) is 46.2 Å². The molecular weight excluding hydrogens is 196 g/mol. The first-order valence-electron chi connectivity index (χ1n) is 4.13. The molecule has 0 bridgehead atoms. The van der Waals surface area contributed by atoms with Gasteiger partial charge < -0.3 is 0 Å². The van der Waals surface area contributed by atoms with E-state index < -0.39 is 0 Å². The molecule has 0 saturated heterocycles. The molecule has 0 N–H and O–H groups in total. The molecule has 2 heterocycles. The van der Waals surface area contributed by atoms with Gasteiger partial charge in [0.2, 0.25) is 5.78 Å². The number of nitrogens with zero attached hydrogens (tertiary/aromatic N) is 2. The maximum Gasteiger partial charge on any atom is 0.222 e. The second-order valence-corrected chi connectivity index (χ2v) is 3.82. The molecular formula is C10H8N2OS. The topological polar surface area (TPSA) is 42.9 Å². The molecule has 0 radical (unpaired) electrons. The van der Waals surface area contributed by atoms with Crippen LogP contribution in [0.15, 0.2) is 30.0 Å². The molecule has 0 atom stereocenters. The van der Waals surface area contributed by atoms with Crippen LogP contribution in [0.4, 0.5) is 0 Å². The number of aryl methyl sites for hydroxylation is 1. The van der Waals surface area contributed by atoms with Crippen LogP contribution in [0.1, 0.15) is 20.9 Å². The van der Waals surface area contributed by atoms with E-state index in [-0.39, 0.29) is 5.78 Å². The first kappa shape index (κ1) is 9.02. The van der Waals surface area contributed by atoms with Gasteiger partial charge in [-0.3, -0.25) is 9.78 Å². The second-order valence-electron chi connectivity index (χ2n) is 2.91. The van der Waals surface area contributed by atoms with E-state index >= 15 is 0 Å². The quantitative estimate of drug-likeness (QED) is 0.703. The Hall–Kier alpha value is -1.55. The van der Waals surface area contributed by atoms with Gasteiger partial charge in [-0.2, -0.15) is 0 Å². The molecule has 0 aliphatic heterocycles. The summed E-state index contributed by atoms with van der Waals surface area (Å²) in [4.78, 5) is 20.3. The van der Waals surface area contributed by atoms with Crippen molar-refractivity contribution in [2.75, 3.05) is 0 Å². The van der Waals surface area contributed by atoms with Crippen LogP contribution in [-0.2, 0) is 0 Å². The molecule has 0 unspecified atom stereocenters. The first-order chi connectivity index (χ1) is 6.77. The number of thiophene rings is 1. The standard InChI is InChI=1S/C10H8N2OS/c1-7-4-9(14-6-7)10(13)8-5-11-2-3-12-8/h2-6H,1H3. The normalized spacial score (nSPS) is 10.1. The maximum atomic E-state index is 11.8. The van der Waals surface area contributed by atoms with Gasteiger partial charge in [0.05, 0.1) is 11.1 Å². The molecule has 0 spiro atoms. The average Bonchev–Trinajstić information content (AvgIpc) is 2.65. The molecule has 0 saturated carbocycles. The van der Waals surface area contributed by atoms with Crippen LogP contribution in [0.25, 0.3) is 0 Å². The lowest BCUT2D eigenvalue weighted by Crippen LogP contribution is -2.01. The fourth-order valence-electron chi connectivity index (χ4n) is 1.09. The van der Waals surface area contributed by atoms with E-state index in [4.69, 9.17) is 0 Å². The fourth-order valence-corrected chi connectivity index (χ4v) is 1.94. The highest BCUT2D eigenvalue weighted by Gasteiger charge is 2.11. The fraction of sp³-hybridized carbons (Fsp3) is 0.100.